The smallest absolute Gasteiger partial charge is 0.226 e. The van der Waals surface area contributed by atoms with Crippen LogP contribution < -0.4 is 10.6 Å². The molecule has 8 heteroatoms. The summed E-state index contributed by atoms with van der Waals surface area (Å²) in [6.07, 6.45) is 2.57. The number of rotatable bonds is 6. The van der Waals surface area contributed by atoms with Crippen molar-refractivity contribution in [3.8, 4) is 11.5 Å². The lowest BCUT2D eigenvalue weighted by Gasteiger charge is -2.20. The summed E-state index contributed by atoms with van der Waals surface area (Å²) in [7, 11) is 0. The van der Waals surface area contributed by atoms with Crippen LogP contribution in [0.3, 0.4) is 0 Å². The molecule has 3 rings (SSSR count). The normalized spacial score (nSPS) is 16.6. The number of guanidine groups is 1. The van der Waals surface area contributed by atoms with Gasteiger partial charge in [0, 0.05) is 37.2 Å². The average molecular weight is 511 g/mol. The highest BCUT2D eigenvalue weighted by Gasteiger charge is 2.27. The Hall–Kier alpha value is -2.10. The molecule has 1 aromatic heterocycles. The lowest BCUT2D eigenvalue weighted by Crippen LogP contribution is -2.45. The van der Waals surface area contributed by atoms with E-state index < -0.39 is 0 Å². The molecule has 0 radical (unpaired) electrons. The second kappa shape index (κ2) is 11.2. The average Bonchev–Trinajstić information content (AvgIpc) is 3.36. The first-order chi connectivity index (χ1) is 13.6. The van der Waals surface area contributed by atoms with Crippen LogP contribution in [0.5, 0.6) is 0 Å². The Morgan fingerprint density at radius 1 is 1.34 bits per heavy atom. The third-order valence-electron chi connectivity index (χ3n) is 4.65. The largest absolute Gasteiger partial charge is 0.444 e. The molecule has 1 aliphatic rings. The van der Waals surface area contributed by atoms with E-state index in [1.54, 1.807) is 6.26 Å². The van der Waals surface area contributed by atoms with Crippen LogP contribution in [0.4, 0.5) is 0 Å². The number of nitrogens with one attached hydrogen (secondary N) is 2. The van der Waals surface area contributed by atoms with Crippen molar-refractivity contribution < 1.29 is 9.21 Å². The van der Waals surface area contributed by atoms with Crippen LogP contribution in [-0.4, -0.2) is 47.4 Å². The van der Waals surface area contributed by atoms with Gasteiger partial charge < -0.3 is 20.0 Å². The van der Waals surface area contributed by atoms with E-state index in [4.69, 9.17) is 4.42 Å². The minimum Gasteiger partial charge on any atom is -0.444 e. The van der Waals surface area contributed by atoms with Crippen LogP contribution in [0, 0.1) is 5.92 Å². The number of carbonyl (C=O) groups is 1. The first-order valence-corrected chi connectivity index (χ1v) is 9.90. The predicted octanol–water partition coefficient (Wildman–Crippen LogP) is 3.27. The van der Waals surface area contributed by atoms with Crippen molar-refractivity contribution in [3.05, 3.63) is 42.3 Å². The van der Waals surface area contributed by atoms with E-state index in [-0.39, 0.29) is 41.8 Å². The second-order valence-corrected chi connectivity index (χ2v) is 7.27. The number of oxazole rings is 1. The third-order valence-corrected chi connectivity index (χ3v) is 4.65. The van der Waals surface area contributed by atoms with Crippen LogP contribution in [0.25, 0.3) is 11.5 Å². The molecule has 2 N–H and O–H groups in total. The van der Waals surface area contributed by atoms with Gasteiger partial charge in [-0.1, -0.05) is 32.0 Å². The number of nitrogens with zero attached hydrogens (tertiary/aromatic N) is 3. The summed E-state index contributed by atoms with van der Waals surface area (Å²) in [5.41, 5.74) is 1.72. The van der Waals surface area contributed by atoms with E-state index in [9.17, 15) is 4.79 Å². The summed E-state index contributed by atoms with van der Waals surface area (Å²) in [6, 6.07) is 10.0. The maximum absolute atomic E-state index is 12.2. The quantitative estimate of drug-likeness (QED) is 0.354. The third kappa shape index (κ3) is 6.45. The van der Waals surface area contributed by atoms with E-state index >= 15 is 0 Å². The standard InChI is InChI=1S/C21H29N5O2.HI/c1-4-22-21(25-17-10-11-26(13-17)20(27)15(2)3)23-12-18-14-28-19(24-18)16-8-6-5-7-9-16;/h5-9,14-15,17H,4,10-13H2,1-3H3,(H2,22,23,25);1H. The Balaban J connectivity index is 0.00000300. The summed E-state index contributed by atoms with van der Waals surface area (Å²) in [5, 5.41) is 6.70. The Kier molecular flexibility index (Phi) is 8.94. The van der Waals surface area contributed by atoms with Gasteiger partial charge in [-0.15, -0.1) is 24.0 Å². The molecular weight excluding hydrogens is 481 g/mol. The topological polar surface area (TPSA) is 82.8 Å². The fraction of sp³-hybridized carbons (Fsp3) is 0.476. The van der Waals surface area contributed by atoms with Crippen molar-refractivity contribution in [2.24, 2.45) is 10.9 Å². The molecule has 1 fully saturated rings. The number of likely N-dealkylation sites (tertiary alicyclic amines) is 1. The van der Waals surface area contributed by atoms with Gasteiger partial charge in [-0.25, -0.2) is 9.98 Å². The van der Waals surface area contributed by atoms with Crippen LogP contribution in [-0.2, 0) is 11.3 Å². The molecule has 1 amide bonds. The molecular formula is C21H30IN5O2. The molecule has 0 saturated carbocycles. The van der Waals surface area contributed by atoms with E-state index in [0.717, 1.165) is 36.7 Å². The van der Waals surface area contributed by atoms with Crippen molar-refractivity contribution in [1.29, 1.82) is 0 Å². The highest BCUT2D eigenvalue weighted by atomic mass is 127. The molecule has 29 heavy (non-hydrogen) atoms. The highest BCUT2D eigenvalue weighted by Crippen LogP contribution is 2.18. The summed E-state index contributed by atoms with van der Waals surface area (Å²) < 4.78 is 5.57. The van der Waals surface area contributed by atoms with Gasteiger partial charge in [0.25, 0.3) is 0 Å². The number of hydrogen-bond donors (Lipinski definition) is 2. The van der Waals surface area contributed by atoms with Crippen molar-refractivity contribution in [3.63, 3.8) is 0 Å². The van der Waals surface area contributed by atoms with E-state index in [0.29, 0.717) is 19.0 Å². The van der Waals surface area contributed by atoms with Gasteiger partial charge in [-0.3, -0.25) is 4.79 Å². The Morgan fingerprint density at radius 2 is 2.10 bits per heavy atom. The molecule has 7 nitrogen and oxygen atoms in total. The molecule has 158 valence electrons. The number of aliphatic imine (C=N–C) groups is 1. The zero-order chi connectivity index (χ0) is 19.9. The molecule has 1 atom stereocenters. The lowest BCUT2D eigenvalue weighted by molar-refractivity contribution is -0.133. The number of amides is 1. The van der Waals surface area contributed by atoms with Crippen LogP contribution >= 0.6 is 24.0 Å². The van der Waals surface area contributed by atoms with E-state index in [1.807, 2.05) is 56.0 Å². The Bertz CT molecular complexity index is 806. The van der Waals surface area contributed by atoms with Gasteiger partial charge in [0.1, 0.15) is 12.0 Å². The monoisotopic (exact) mass is 511 g/mol. The molecule has 1 aromatic carbocycles. The first kappa shape index (κ1) is 23.2. The minimum atomic E-state index is 0. The summed E-state index contributed by atoms with van der Waals surface area (Å²) >= 11 is 0. The fourth-order valence-electron chi connectivity index (χ4n) is 3.21. The summed E-state index contributed by atoms with van der Waals surface area (Å²) in [5.74, 6) is 1.58. The molecule has 1 saturated heterocycles. The number of carbonyl (C=O) groups excluding carboxylic acids is 1. The van der Waals surface area contributed by atoms with Gasteiger partial charge in [0.2, 0.25) is 11.8 Å². The van der Waals surface area contributed by atoms with Gasteiger partial charge in [0.05, 0.1) is 6.54 Å². The molecule has 2 aromatic rings. The predicted molar refractivity (Wildman–Crippen MR) is 125 cm³/mol. The minimum absolute atomic E-state index is 0. The molecule has 1 unspecified atom stereocenters. The SMILES string of the molecule is CCNC(=NCc1coc(-c2ccccc2)n1)NC1CCN(C(=O)C(C)C)C1.I. The van der Waals surface area contributed by atoms with Gasteiger partial charge in [0.15, 0.2) is 5.96 Å². The van der Waals surface area contributed by atoms with Crippen molar-refractivity contribution in [2.45, 2.75) is 39.8 Å². The van der Waals surface area contributed by atoms with Gasteiger partial charge >= 0.3 is 0 Å². The number of benzene rings is 1. The molecule has 1 aliphatic heterocycles. The zero-order valence-corrected chi connectivity index (χ0v) is 19.6. The molecule has 2 heterocycles. The number of halogens is 1. The van der Waals surface area contributed by atoms with Crippen LogP contribution in [0.1, 0.15) is 32.9 Å². The Labute approximate surface area is 189 Å². The summed E-state index contributed by atoms with van der Waals surface area (Å²) in [6.45, 7) is 8.60. The second-order valence-electron chi connectivity index (χ2n) is 7.27. The number of hydrogen-bond acceptors (Lipinski definition) is 4. The Morgan fingerprint density at radius 3 is 2.79 bits per heavy atom. The molecule has 0 spiro atoms. The van der Waals surface area contributed by atoms with E-state index in [1.165, 1.54) is 0 Å². The summed E-state index contributed by atoms with van der Waals surface area (Å²) in [4.78, 5) is 23.2. The fourth-order valence-corrected chi connectivity index (χ4v) is 3.21. The number of aromatic nitrogens is 1. The van der Waals surface area contributed by atoms with Gasteiger partial charge in [-0.05, 0) is 25.5 Å². The first-order valence-electron chi connectivity index (χ1n) is 9.90. The molecule has 0 aliphatic carbocycles. The van der Waals surface area contributed by atoms with Crippen LogP contribution in [0.2, 0.25) is 0 Å². The van der Waals surface area contributed by atoms with Crippen molar-refractivity contribution in [1.82, 2.24) is 20.5 Å². The van der Waals surface area contributed by atoms with Crippen molar-refractivity contribution >= 4 is 35.8 Å². The van der Waals surface area contributed by atoms with Crippen molar-refractivity contribution in [2.75, 3.05) is 19.6 Å². The molecule has 0 bridgehead atoms. The van der Waals surface area contributed by atoms with E-state index in [2.05, 4.69) is 20.6 Å². The maximum Gasteiger partial charge on any atom is 0.226 e. The highest BCUT2D eigenvalue weighted by molar-refractivity contribution is 14.0. The van der Waals surface area contributed by atoms with Crippen LogP contribution in [0.15, 0.2) is 46.0 Å². The maximum atomic E-state index is 12.2. The van der Waals surface area contributed by atoms with Gasteiger partial charge in [-0.2, -0.15) is 0 Å². The lowest BCUT2D eigenvalue weighted by atomic mass is 10.2. The zero-order valence-electron chi connectivity index (χ0n) is 17.2.